The van der Waals surface area contributed by atoms with E-state index in [0.717, 1.165) is 35.4 Å². The Morgan fingerprint density at radius 1 is 0.781 bits per heavy atom. The van der Waals surface area contributed by atoms with E-state index in [-0.39, 0.29) is 12.4 Å². The van der Waals surface area contributed by atoms with Crippen LogP contribution >= 0.6 is 11.6 Å². The van der Waals surface area contributed by atoms with Gasteiger partial charge in [-0.15, -0.1) is 0 Å². The third-order valence-corrected chi connectivity index (χ3v) is 5.23. The topological polar surface area (TPSA) is 49.0 Å². The molecular weight excluding hydrogens is 433 g/mol. The summed E-state index contributed by atoms with van der Waals surface area (Å²) in [5.41, 5.74) is 2.97. The summed E-state index contributed by atoms with van der Waals surface area (Å²) in [6, 6.07) is 15.8. The number of methoxy groups -OCH3 is 3. The van der Waals surface area contributed by atoms with Gasteiger partial charge in [0.1, 0.15) is 12.4 Å². The molecule has 0 radical (unpaired) electrons. The van der Waals surface area contributed by atoms with Crippen molar-refractivity contribution >= 4 is 11.6 Å². The van der Waals surface area contributed by atoms with E-state index >= 15 is 0 Å². The van der Waals surface area contributed by atoms with Crippen molar-refractivity contribution < 1.29 is 23.3 Å². The maximum atomic E-state index is 13.1. The zero-order valence-electron chi connectivity index (χ0n) is 18.4. The first-order valence-corrected chi connectivity index (χ1v) is 10.6. The van der Waals surface area contributed by atoms with Crippen molar-refractivity contribution in [3.63, 3.8) is 0 Å². The predicted octanol–water partition coefficient (Wildman–Crippen LogP) is 5.42. The zero-order valence-corrected chi connectivity index (χ0v) is 19.2. The maximum Gasteiger partial charge on any atom is 0.180 e. The van der Waals surface area contributed by atoms with Crippen LogP contribution in [0.1, 0.15) is 16.7 Å². The Labute approximate surface area is 193 Å². The largest absolute Gasteiger partial charge is 0.493 e. The molecule has 0 saturated carbocycles. The Bertz CT molecular complexity index is 1030. The molecule has 0 aromatic heterocycles. The first kappa shape index (κ1) is 23.7. The SMILES string of the molecule is COc1ccc(CCNCc2cc(Cl)c(OCc3ccc(F)cc3)c(OC)c2)cc1OC. The fourth-order valence-electron chi connectivity index (χ4n) is 3.25. The number of rotatable bonds is 11. The molecule has 0 aliphatic carbocycles. The molecule has 0 heterocycles. The summed E-state index contributed by atoms with van der Waals surface area (Å²) < 4.78 is 35.0. The molecule has 5 nitrogen and oxygen atoms in total. The molecule has 0 amide bonds. The lowest BCUT2D eigenvalue weighted by atomic mass is 10.1. The Morgan fingerprint density at radius 2 is 1.44 bits per heavy atom. The van der Waals surface area contributed by atoms with Crippen molar-refractivity contribution in [2.24, 2.45) is 0 Å². The summed E-state index contributed by atoms with van der Waals surface area (Å²) in [6.07, 6.45) is 0.837. The summed E-state index contributed by atoms with van der Waals surface area (Å²) in [5.74, 6) is 2.17. The molecule has 0 atom stereocenters. The molecule has 3 rings (SSSR count). The molecule has 3 aromatic rings. The molecule has 170 valence electrons. The molecule has 3 aromatic carbocycles. The molecule has 0 bridgehead atoms. The van der Waals surface area contributed by atoms with Gasteiger partial charge in [0.05, 0.1) is 26.4 Å². The minimum absolute atomic E-state index is 0.263. The Hall–Kier alpha value is -2.96. The van der Waals surface area contributed by atoms with Crippen LogP contribution in [0.3, 0.4) is 0 Å². The highest BCUT2D eigenvalue weighted by Gasteiger charge is 2.13. The van der Waals surface area contributed by atoms with Crippen LogP contribution < -0.4 is 24.3 Å². The number of hydrogen-bond donors (Lipinski definition) is 1. The summed E-state index contributed by atoms with van der Waals surface area (Å²) in [7, 11) is 4.83. The number of benzene rings is 3. The van der Waals surface area contributed by atoms with Crippen molar-refractivity contribution in [3.05, 3.63) is 82.1 Å². The Morgan fingerprint density at radius 3 is 2.12 bits per heavy atom. The van der Waals surface area contributed by atoms with Gasteiger partial charge in [-0.3, -0.25) is 0 Å². The first-order chi connectivity index (χ1) is 15.5. The average Bonchev–Trinajstić information content (AvgIpc) is 2.81. The highest BCUT2D eigenvalue weighted by molar-refractivity contribution is 6.32. The van der Waals surface area contributed by atoms with Crippen LogP contribution in [-0.4, -0.2) is 27.9 Å². The Kier molecular flexibility index (Phi) is 8.59. The third-order valence-electron chi connectivity index (χ3n) is 4.95. The summed E-state index contributed by atoms with van der Waals surface area (Å²) in [5, 5.41) is 3.88. The molecule has 7 heteroatoms. The van der Waals surface area contributed by atoms with E-state index in [9.17, 15) is 4.39 Å². The van der Waals surface area contributed by atoms with Crippen molar-refractivity contribution in [2.75, 3.05) is 27.9 Å². The monoisotopic (exact) mass is 459 g/mol. The second kappa shape index (κ2) is 11.6. The number of hydrogen-bond acceptors (Lipinski definition) is 5. The lowest BCUT2D eigenvalue weighted by Gasteiger charge is -2.15. The zero-order chi connectivity index (χ0) is 22.9. The number of halogens is 2. The fourth-order valence-corrected chi connectivity index (χ4v) is 3.54. The van der Waals surface area contributed by atoms with Gasteiger partial charge < -0.3 is 24.3 Å². The first-order valence-electron chi connectivity index (χ1n) is 10.2. The van der Waals surface area contributed by atoms with Crippen molar-refractivity contribution in [2.45, 2.75) is 19.6 Å². The van der Waals surface area contributed by atoms with Crippen LogP contribution in [0.5, 0.6) is 23.0 Å². The van der Waals surface area contributed by atoms with E-state index in [0.29, 0.717) is 28.8 Å². The molecule has 0 spiro atoms. The van der Waals surface area contributed by atoms with Crippen molar-refractivity contribution in [1.82, 2.24) is 5.32 Å². The van der Waals surface area contributed by atoms with E-state index in [1.54, 1.807) is 33.5 Å². The highest BCUT2D eigenvalue weighted by Crippen LogP contribution is 2.37. The second-order valence-electron chi connectivity index (χ2n) is 7.14. The molecule has 1 N–H and O–H groups in total. The highest BCUT2D eigenvalue weighted by atomic mass is 35.5. The normalized spacial score (nSPS) is 10.7. The van der Waals surface area contributed by atoms with Crippen LogP contribution in [0.25, 0.3) is 0 Å². The van der Waals surface area contributed by atoms with Gasteiger partial charge in [0.2, 0.25) is 0 Å². The average molecular weight is 460 g/mol. The van der Waals surface area contributed by atoms with E-state index in [1.165, 1.54) is 12.1 Å². The van der Waals surface area contributed by atoms with Gasteiger partial charge in [0.25, 0.3) is 0 Å². The summed E-state index contributed by atoms with van der Waals surface area (Å²) in [6.45, 7) is 1.67. The molecule has 0 aliphatic heterocycles. The van der Waals surface area contributed by atoms with Gasteiger partial charge in [0, 0.05) is 6.54 Å². The summed E-state index contributed by atoms with van der Waals surface area (Å²) in [4.78, 5) is 0. The summed E-state index contributed by atoms with van der Waals surface area (Å²) >= 11 is 6.46. The molecule has 0 fully saturated rings. The van der Waals surface area contributed by atoms with E-state index in [4.69, 9.17) is 30.5 Å². The van der Waals surface area contributed by atoms with E-state index in [2.05, 4.69) is 5.32 Å². The third kappa shape index (κ3) is 6.28. The molecule has 32 heavy (non-hydrogen) atoms. The lowest BCUT2D eigenvalue weighted by molar-refractivity contribution is 0.284. The van der Waals surface area contributed by atoms with Crippen LogP contribution in [0.2, 0.25) is 5.02 Å². The molecular formula is C25H27ClFNO4. The molecule has 0 saturated heterocycles. The number of ether oxygens (including phenoxy) is 4. The minimum Gasteiger partial charge on any atom is -0.493 e. The predicted molar refractivity (Wildman–Crippen MR) is 124 cm³/mol. The second-order valence-corrected chi connectivity index (χ2v) is 7.55. The number of nitrogens with one attached hydrogen (secondary N) is 1. The van der Waals surface area contributed by atoms with Crippen molar-refractivity contribution in [1.29, 1.82) is 0 Å². The van der Waals surface area contributed by atoms with Gasteiger partial charge in [-0.2, -0.15) is 0 Å². The lowest BCUT2D eigenvalue weighted by Crippen LogP contribution is -2.17. The molecule has 0 aliphatic rings. The van der Waals surface area contributed by atoms with E-state index < -0.39 is 0 Å². The van der Waals surface area contributed by atoms with Crippen LogP contribution in [0, 0.1) is 5.82 Å². The van der Waals surface area contributed by atoms with Crippen LogP contribution in [-0.2, 0) is 19.6 Å². The van der Waals surface area contributed by atoms with Gasteiger partial charge in [-0.05, 0) is 66.1 Å². The quantitative estimate of drug-likeness (QED) is 0.388. The van der Waals surface area contributed by atoms with Gasteiger partial charge in [0.15, 0.2) is 23.0 Å². The van der Waals surface area contributed by atoms with E-state index in [1.807, 2.05) is 30.3 Å². The standard InChI is InChI=1S/C25H27ClFNO4/c1-29-22-9-6-17(13-23(22)30-2)10-11-28-15-19-12-21(26)25(24(14-19)31-3)32-16-18-4-7-20(27)8-5-18/h4-9,12-14,28H,10-11,15-16H2,1-3H3. The van der Waals surface area contributed by atoms with Crippen LogP contribution in [0.15, 0.2) is 54.6 Å². The van der Waals surface area contributed by atoms with Gasteiger partial charge >= 0.3 is 0 Å². The smallest absolute Gasteiger partial charge is 0.180 e. The minimum atomic E-state index is -0.285. The van der Waals surface area contributed by atoms with Crippen molar-refractivity contribution in [3.8, 4) is 23.0 Å². The van der Waals surface area contributed by atoms with Gasteiger partial charge in [-0.1, -0.05) is 29.8 Å². The van der Waals surface area contributed by atoms with Gasteiger partial charge in [-0.25, -0.2) is 4.39 Å². The fraction of sp³-hybridized carbons (Fsp3) is 0.280. The Balaban J connectivity index is 1.56. The molecule has 0 unspecified atom stereocenters. The maximum absolute atomic E-state index is 13.1. The van der Waals surface area contributed by atoms with Crippen LogP contribution in [0.4, 0.5) is 4.39 Å².